The van der Waals surface area contributed by atoms with Crippen molar-refractivity contribution in [2.75, 3.05) is 7.11 Å². The molecule has 2 aliphatic rings. The molecule has 0 bridgehead atoms. The van der Waals surface area contributed by atoms with E-state index in [2.05, 4.69) is 26.8 Å². The molecule has 0 unspecified atom stereocenters. The van der Waals surface area contributed by atoms with Crippen molar-refractivity contribution in [3.05, 3.63) is 24.2 Å². The van der Waals surface area contributed by atoms with Crippen molar-refractivity contribution >= 4 is 5.97 Å². The minimum atomic E-state index is 0.00828. The van der Waals surface area contributed by atoms with Crippen LogP contribution in [0.15, 0.2) is 23.0 Å². The number of fused-ring (bicyclic) bond motifs is 1. The van der Waals surface area contributed by atoms with Crippen LogP contribution in [0.25, 0.3) is 0 Å². The number of ether oxygens (including phenoxy) is 1. The van der Waals surface area contributed by atoms with Crippen molar-refractivity contribution < 1.29 is 13.9 Å². The molecule has 24 heavy (non-hydrogen) atoms. The van der Waals surface area contributed by atoms with Crippen LogP contribution in [0.2, 0.25) is 0 Å². The van der Waals surface area contributed by atoms with Gasteiger partial charge in [0.25, 0.3) is 0 Å². The molecule has 3 nitrogen and oxygen atoms in total. The summed E-state index contributed by atoms with van der Waals surface area (Å²) < 4.78 is 10.4. The van der Waals surface area contributed by atoms with E-state index in [0.29, 0.717) is 11.8 Å². The van der Waals surface area contributed by atoms with E-state index in [-0.39, 0.29) is 22.7 Å². The molecule has 1 aromatic heterocycles. The highest BCUT2D eigenvalue weighted by Crippen LogP contribution is 2.63. The second-order valence-corrected chi connectivity index (χ2v) is 8.64. The number of carbonyl (C=O) groups excluding carboxylic acids is 1. The smallest absolute Gasteiger partial charge is 0.309 e. The van der Waals surface area contributed by atoms with E-state index in [1.54, 1.807) is 13.4 Å². The molecule has 0 aliphatic heterocycles. The second-order valence-electron chi connectivity index (χ2n) is 8.64. The van der Waals surface area contributed by atoms with E-state index in [0.717, 1.165) is 25.7 Å². The maximum atomic E-state index is 12.4. The molecule has 0 radical (unpaired) electrons. The molecule has 0 aromatic carbocycles. The number of methoxy groups -OCH3 is 1. The van der Waals surface area contributed by atoms with Gasteiger partial charge in [-0.25, -0.2) is 0 Å². The largest absolute Gasteiger partial charge is 0.472 e. The van der Waals surface area contributed by atoms with Crippen molar-refractivity contribution in [1.29, 1.82) is 0 Å². The van der Waals surface area contributed by atoms with Gasteiger partial charge in [-0.15, -0.1) is 0 Å². The van der Waals surface area contributed by atoms with Crippen LogP contribution in [0.3, 0.4) is 0 Å². The first-order valence-corrected chi connectivity index (χ1v) is 9.50. The van der Waals surface area contributed by atoms with Gasteiger partial charge in [-0.1, -0.05) is 27.2 Å². The molecule has 0 amide bonds. The highest BCUT2D eigenvalue weighted by molar-refractivity contribution is 5.73. The molecule has 2 saturated carbocycles. The number of carbonyl (C=O) groups is 1. The van der Waals surface area contributed by atoms with E-state index < -0.39 is 0 Å². The molecule has 3 heteroatoms. The average Bonchev–Trinajstić information content (AvgIpc) is 3.09. The van der Waals surface area contributed by atoms with Crippen LogP contribution in [-0.2, 0) is 16.0 Å². The third-order valence-corrected chi connectivity index (χ3v) is 7.63. The fraction of sp³-hybridized carbons (Fsp3) is 0.762. The lowest BCUT2D eigenvalue weighted by atomic mass is 9.44. The fourth-order valence-electron chi connectivity index (χ4n) is 5.86. The van der Waals surface area contributed by atoms with E-state index in [4.69, 9.17) is 9.15 Å². The molecule has 134 valence electrons. The zero-order valence-electron chi connectivity index (χ0n) is 15.6. The minimum Gasteiger partial charge on any atom is -0.472 e. The van der Waals surface area contributed by atoms with Crippen LogP contribution in [0.5, 0.6) is 0 Å². The zero-order chi connectivity index (χ0) is 17.4. The van der Waals surface area contributed by atoms with Crippen molar-refractivity contribution in [1.82, 2.24) is 0 Å². The Morgan fingerprint density at radius 3 is 2.79 bits per heavy atom. The monoisotopic (exact) mass is 332 g/mol. The first-order valence-electron chi connectivity index (χ1n) is 9.50. The Hall–Kier alpha value is -1.25. The van der Waals surface area contributed by atoms with E-state index in [1.807, 2.05) is 6.26 Å². The summed E-state index contributed by atoms with van der Waals surface area (Å²) in [4.78, 5) is 12.4. The summed E-state index contributed by atoms with van der Waals surface area (Å²) in [6.07, 6.45) is 11.6. The van der Waals surface area contributed by atoms with Crippen LogP contribution in [0, 0.1) is 28.6 Å². The normalized spacial score (nSPS) is 39.2. The Morgan fingerprint density at radius 2 is 2.12 bits per heavy atom. The number of hydrogen-bond donors (Lipinski definition) is 0. The summed E-state index contributed by atoms with van der Waals surface area (Å²) in [7, 11) is 1.54. The summed E-state index contributed by atoms with van der Waals surface area (Å²) in [6, 6.07) is 2.08. The predicted octanol–water partition coefficient (Wildman–Crippen LogP) is 5.24. The summed E-state index contributed by atoms with van der Waals surface area (Å²) in [6.45, 7) is 7.25. The SMILES string of the molecule is COC(=O)[C@@H]1CCC[C@@H]2[C@@](C)(CCc3ccoc3)[C@H](C)CC[C@]21C. The van der Waals surface area contributed by atoms with Gasteiger partial charge in [0.15, 0.2) is 0 Å². The maximum Gasteiger partial charge on any atom is 0.309 e. The number of hydrogen-bond acceptors (Lipinski definition) is 3. The molecule has 1 heterocycles. The lowest BCUT2D eigenvalue weighted by Crippen LogP contribution is -2.54. The van der Waals surface area contributed by atoms with Crippen LogP contribution < -0.4 is 0 Å². The minimum absolute atomic E-state index is 0.00828. The molecule has 0 spiro atoms. The summed E-state index contributed by atoms with van der Waals surface area (Å²) in [5.74, 6) is 1.37. The van der Waals surface area contributed by atoms with Gasteiger partial charge in [0, 0.05) is 0 Å². The molecule has 5 atom stereocenters. The van der Waals surface area contributed by atoms with Gasteiger partial charge in [-0.3, -0.25) is 4.79 Å². The van der Waals surface area contributed by atoms with Crippen molar-refractivity contribution in [2.45, 2.75) is 65.7 Å². The van der Waals surface area contributed by atoms with Gasteiger partial charge < -0.3 is 9.15 Å². The van der Waals surface area contributed by atoms with Crippen molar-refractivity contribution in [3.63, 3.8) is 0 Å². The number of esters is 1. The molecule has 0 saturated heterocycles. The Balaban J connectivity index is 1.86. The van der Waals surface area contributed by atoms with Gasteiger partial charge >= 0.3 is 5.97 Å². The van der Waals surface area contributed by atoms with E-state index >= 15 is 0 Å². The van der Waals surface area contributed by atoms with Gasteiger partial charge in [0.05, 0.1) is 25.6 Å². The molecule has 3 rings (SSSR count). The van der Waals surface area contributed by atoms with E-state index in [9.17, 15) is 4.79 Å². The summed E-state index contributed by atoms with van der Waals surface area (Å²) in [5, 5.41) is 0. The topological polar surface area (TPSA) is 39.4 Å². The third-order valence-electron chi connectivity index (χ3n) is 7.63. The van der Waals surface area contributed by atoms with Crippen LogP contribution in [-0.4, -0.2) is 13.1 Å². The third kappa shape index (κ3) is 2.80. The fourth-order valence-corrected chi connectivity index (χ4v) is 5.86. The maximum absolute atomic E-state index is 12.4. The number of rotatable bonds is 4. The highest BCUT2D eigenvalue weighted by atomic mass is 16.5. The molecule has 0 N–H and O–H groups in total. The Bertz CT molecular complexity index is 564. The van der Waals surface area contributed by atoms with Gasteiger partial charge in [-0.05, 0) is 72.8 Å². The Kier molecular flexibility index (Phi) is 4.81. The lowest BCUT2D eigenvalue weighted by molar-refractivity contribution is -0.167. The molecular weight excluding hydrogens is 300 g/mol. The van der Waals surface area contributed by atoms with E-state index in [1.165, 1.54) is 24.8 Å². The zero-order valence-corrected chi connectivity index (χ0v) is 15.6. The quantitative estimate of drug-likeness (QED) is 0.707. The standard InChI is InChI=1S/C21H32O3/c1-15-8-11-21(3)17(19(22)23-4)6-5-7-18(21)20(15,2)12-9-16-10-13-24-14-16/h10,13-15,17-18H,5-9,11-12H2,1-4H3/t15-,17+,18-,20+,21+/m1/s1. The first-order chi connectivity index (χ1) is 11.4. The van der Waals surface area contributed by atoms with Gasteiger partial charge in [0.2, 0.25) is 0 Å². The number of aryl methyl sites for hydroxylation is 1. The van der Waals surface area contributed by atoms with Crippen LogP contribution in [0.1, 0.15) is 64.9 Å². The molecular formula is C21H32O3. The molecule has 1 aromatic rings. The Morgan fingerprint density at radius 1 is 1.33 bits per heavy atom. The van der Waals surface area contributed by atoms with Crippen LogP contribution >= 0.6 is 0 Å². The molecule has 2 aliphatic carbocycles. The predicted molar refractivity (Wildman–Crippen MR) is 94.5 cm³/mol. The lowest BCUT2D eigenvalue weighted by Gasteiger charge is -2.60. The van der Waals surface area contributed by atoms with Crippen molar-refractivity contribution in [3.8, 4) is 0 Å². The second kappa shape index (κ2) is 6.57. The van der Waals surface area contributed by atoms with Crippen LogP contribution in [0.4, 0.5) is 0 Å². The van der Waals surface area contributed by atoms with Gasteiger partial charge in [-0.2, -0.15) is 0 Å². The molecule has 2 fully saturated rings. The van der Waals surface area contributed by atoms with Gasteiger partial charge in [0.1, 0.15) is 0 Å². The average molecular weight is 332 g/mol. The van der Waals surface area contributed by atoms with Crippen molar-refractivity contribution in [2.24, 2.45) is 28.6 Å². The summed E-state index contributed by atoms with van der Waals surface area (Å²) in [5.41, 5.74) is 1.65. The Labute approximate surface area is 146 Å². The first kappa shape index (κ1) is 17.6. The highest BCUT2D eigenvalue weighted by Gasteiger charge is 2.57. The summed E-state index contributed by atoms with van der Waals surface area (Å²) >= 11 is 0. The number of furan rings is 1.